The fourth-order valence-electron chi connectivity index (χ4n) is 4.70. The van der Waals surface area contributed by atoms with Crippen molar-refractivity contribution in [2.75, 3.05) is 26.0 Å². The van der Waals surface area contributed by atoms with Crippen LogP contribution in [0, 0.1) is 0 Å². The van der Waals surface area contributed by atoms with E-state index in [1.165, 1.54) is 11.8 Å². The number of urea groups is 1. The third-order valence-electron chi connectivity index (χ3n) is 6.18. The number of carbonyl (C=O) groups excluding carboxylic acids is 1. The highest BCUT2D eigenvalue weighted by Gasteiger charge is 2.36. The molecule has 1 saturated heterocycles. The van der Waals surface area contributed by atoms with E-state index in [1.807, 2.05) is 13.0 Å². The number of hydrogen-bond donors (Lipinski definition) is 2. The molecule has 0 bridgehead atoms. The Hall–Kier alpha value is -1.64. The predicted molar refractivity (Wildman–Crippen MR) is 118 cm³/mol. The second-order valence-electron chi connectivity index (χ2n) is 8.45. The molecule has 2 aliphatic rings. The summed E-state index contributed by atoms with van der Waals surface area (Å²) in [5.74, 6) is 0.576. The molecule has 3 rings (SSSR count). The van der Waals surface area contributed by atoms with Gasteiger partial charge in [-0.3, -0.25) is 0 Å². The largest absolute Gasteiger partial charge is 0.376 e. The number of nitrogens with zero attached hydrogens (tertiary/aromatic N) is 1. The van der Waals surface area contributed by atoms with Crippen LogP contribution >= 0.6 is 0 Å². The van der Waals surface area contributed by atoms with E-state index in [2.05, 4.69) is 34.3 Å². The summed E-state index contributed by atoms with van der Waals surface area (Å²) in [5, 5.41) is 2.84. The molecule has 1 saturated carbocycles. The lowest BCUT2D eigenvalue weighted by Crippen LogP contribution is -2.60. The van der Waals surface area contributed by atoms with Crippen LogP contribution in [0.15, 0.2) is 30.3 Å². The van der Waals surface area contributed by atoms with Crippen molar-refractivity contribution in [3.63, 3.8) is 0 Å². The minimum absolute atomic E-state index is 0.154. The molecule has 1 aliphatic heterocycles. The highest BCUT2D eigenvalue weighted by atomic mass is 32.2. The number of rotatable bonds is 7. The topological polar surface area (TPSA) is 87.7 Å². The van der Waals surface area contributed by atoms with Gasteiger partial charge < -0.3 is 15.0 Å². The van der Waals surface area contributed by atoms with Gasteiger partial charge in [-0.2, -0.15) is 0 Å². The maximum Gasteiger partial charge on any atom is 0.317 e. The van der Waals surface area contributed by atoms with Crippen LogP contribution in [0.3, 0.4) is 0 Å². The summed E-state index contributed by atoms with van der Waals surface area (Å²) in [6, 6.07) is 9.84. The Bertz CT molecular complexity index is 779. The summed E-state index contributed by atoms with van der Waals surface area (Å²) in [7, 11) is -3.36. The second kappa shape index (κ2) is 10.6. The number of sulfonamides is 1. The molecule has 2 atom stereocenters. The van der Waals surface area contributed by atoms with E-state index in [1.54, 1.807) is 4.90 Å². The Kier molecular flexibility index (Phi) is 8.13. The van der Waals surface area contributed by atoms with Gasteiger partial charge in [0.25, 0.3) is 0 Å². The van der Waals surface area contributed by atoms with Gasteiger partial charge in [0.05, 0.1) is 25.0 Å². The second-order valence-corrected chi connectivity index (χ2v) is 10.2. The minimum atomic E-state index is -3.36. The first-order valence-corrected chi connectivity index (χ1v) is 12.9. The molecule has 0 spiro atoms. The monoisotopic (exact) mass is 437 g/mol. The van der Waals surface area contributed by atoms with Gasteiger partial charge in [-0.1, -0.05) is 30.3 Å². The van der Waals surface area contributed by atoms with E-state index in [9.17, 15) is 13.2 Å². The molecule has 8 heteroatoms. The smallest absolute Gasteiger partial charge is 0.317 e. The van der Waals surface area contributed by atoms with Crippen LogP contribution in [0.1, 0.15) is 56.9 Å². The molecule has 0 radical (unpaired) electrons. The van der Waals surface area contributed by atoms with Crippen molar-refractivity contribution in [3.05, 3.63) is 35.9 Å². The number of carbonyl (C=O) groups is 1. The summed E-state index contributed by atoms with van der Waals surface area (Å²) >= 11 is 0. The first-order chi connectivity index (χ1) is 14.4. The van der Waals surface area contributed by atoms with Gasteiger partial charge in [0.15, 0.2) is 0 Å². The van der Waals surface area contributed by atoms with E-state index in [-0.39, 0.29) is 24.2 Å². The van der Waals surface area contributed by atoms with E-state index in [4.69, 9.17) is 4.74 Å². The van der Waals surface area contributed by atoms with Crippen LogP contribution in [0.5, 0.6) is 0 Å². The lowest BCUT2D eigenvalue weighted by atomic mass is 9.83. The average molecular weight is 438 g/mol. The van der Waals surface area contributed by atoms with Gasteiger partial charge in [-0.05, 0) is 56.9 Å². The minimum Gasteiger partial charge on any atom is -0.376 e. The maximum absolute atomic E-state index is 12.6. The zero-order chi connectivity index (χ0) is 21.6. The number of hydrogen-bond acceptors (Lipinski definition) is 4. The molecule has 2 N–H and O–H groups in total. The molecule has 1 aliphatic carbocycles. The molecule has 2 fully saturated rings. The summed E-state index contributed by atoms with van der Waals surface area (Å²) < 4.78 is 32.7. The fraction of sp³-hybridized carbons (Fsp3) is 0.682. The molecule has 1 aromatic carbocycles. The number of ether oxygens (including phenoxy) is 1. The van der Waals surface area contributed by atoms with Crippen molar-refractivity contribution >= 4 is 16.1 Å². The molecule has 7 nitrogen and oxygen atoms in total. The van der Waals surface area contributed by atoms with Gasteiger partial charge in [-0.15, -0.1) is 0 Å². The van der Waals surface area contributed by atoms with Crippen LogP contribution in [0.4, 0.5) is 4.79 Å². The van der Waals surface area contributed by atoms with Crippen LogP contribution in [-0.4, -0.2) is 63.5 Å². The van der Waals surface area contributed by atoms with Crippen molar-refractivity contribution < 1.29 is 17.9 Å². The number of benzene rings is 1. The first kappa shape index (κ1) is 23.0. The average Bonchev–Trinajstić information content (AvgIpc) is 2.73. The van der Waals surface area contributed by atoms with E-state index >= 15 is 0 Å². The number of amides is 2. The molecular weight excluding hydrogens is 402 g/mol. The zero-order valence-electron chi connectivity index (χ0n) is 18.0. The van der Waals surface area contributed by atoms with Gasteiger partial charge in [0.2, 0.25) is 10.0 Å². The van der Waals surface area contributed by atoms with E-state index in [0.717, 1.165) is 32.1 Å². The van der Waals surface area contributed by atoms with Gasteiger partial charge in [0.1, 0.15) is 0 Å². The molecular formula is C22H35N3O4S. The quantitative estimate of drug-likeness (QED) is 0.687. The van der Waals surface area contributed by atoms with Crippen molar-refractivity contribution in [2.24, 2.45) is 0 Å². The van der Waals surface area contributed by atoms with Crippen molar-refractivity contribution in [2.45, 2.75) is 69.6 Å². The molecule has 0 unspecified atom stereocenters. The standard InChI is InChI=1S/C22H35N3O4S/c1-3-23-22(26)25-15-7-10-20(24-30(2,27)28)21(25)16-29-19-13-11-18(12-14-19)17-8-5-4-6-9-17/h4-6,8-9,18-21,24H,3,7,10-16H2,1-2H3,(H,23,26)/t18-,19+,20-,21-/m0/s1. The maximum atomic E-state index is 12.6. The predicted octanol–water partition coefficient (Wildman–Crippen LogP) is 2.84. The van der Waals surface area contributed by atoms with Gasteiger partial charge in [-0.25, -0.2) is 17.9 Å². The van der Waals surface area contributed by atoms with Crippen molar-refractivity contribution in [1.82, 2.24) is 14.9 Å². The Morgan fingerprint density at radius 3 is 2.47 bits per heavy atom. The number of likely N-dealkylation sites (tertiary alicyclic amines) is 1. The van der Waals surface area contributed by atoms with Crippen LogP contribution in [0.25, 0.3) is 0 Å². The molecule has 1 heterocycles. The third kappa shape index (κ3) is 6.43. The summed E-state index contributed by atoms with van der Waals surface area (Å²) in [4.78, 5) is 14.3. The molecule has 1 aromatic rings. The fourth-order valence-corrected chi connectivity index (χ4v) is 5.53. The normalized spacial score (nSPS) is 27.6. The lowest BCUT2D eigenvalue weighted by molar-refractivity contribution is -0.0173. The number of nitrogens with one attached hydrogen (secondary N) is 2. The Morgan fingerprint density at radius 1 is 1.13 bits per heavy atom. The highest BCUT2D eigenvalue weighted by Crippen LogP contribution is 2.34. The van der Waals surface area contributed by atoms with Crippen LogP contribution < -0.4 is 10.0 Å². The Labute approximate surface area is 180 Å². The van der Waals surface area contributed by atoms with Gasteiger partial charge in [0, 0.05) is 19.1 Å². The molecule has 168 valence electrons. The summed E-state index contributed by atoms with van der Waals surface area (Å²) in [6.07, 6.45) is 6.94. The van der Waals surface area contributed by atoms with Crippen molar-refractivity contribution in [3.8, 4) is 0 Å². The Morgan fingerprint density at radius 2 is 1.83 bits per heavy atom. The summed E-state index contributed by atoms with van der Waals surface area (Å²) in [5.41, 5.74) is 1.39. The molecule has 0 aromatic heterocycles. The SMILES string of the molecule is CCNC(=O)N1CCC[C@H](NS(C)(=O)=O)[C@@H]1CO[C@H]1CC[C@@H](c2ccccc2)CC1. The first-order valence-electron chi connectivity index (χ1n) is 11.1. The third-order valence-corrected chi connectivity index (χ3v) is 6.91. The van der Waals surface area contributed by atoms with E-state index < -0.39 is 10.0 Å². The van der Waals surface area contributed by atoms with Crippen molar-refractivity contribution in [1.29, 1.82) is 0 Å². The van der Waals surface area contributed by atoms with Crippen LogP contribution in [0.2, 0.25) is 0 Å². The molecule has 2 amide bonds. The number of piperidine rings is 1. The van der Waals surface area contributed by atoms with Gasteiger partial charge >= 0.3 is 6.03 Å². The lowest BCUT2D eigenvalue weighted by Gasteiger charge is -2.42. The highest BCUT2D eigenvalue weighted by molar-refractivity contribution is 7.88. The zero-order valence-corrected chi connectivity index (χ0v) is 18.9. The Balaban J connectivity index is 1.59. The van der Waals surface area contributed by atoms with E-state index in [0.29, 0.717) is 32.0 Å². The summed E-state index contributed by atoms with van der Waals surface area (Å²) in [6.45, 7) is 3.38. The molecule has 30 heavy (non-hydrogen) atoms. The van der Waals surface area contributed by atoms with Crippen LogP contribution in [-0.2, 0) is 14.8 Å².